The quantitative estimate of drug-likeness (QED) is 0.784. The zero-order valence-corrected chi connectivity index (χ0v) is 11.4. The maximum Gasteiger partial charge on any atom is 0.254 e. The first-order chi connectivity index (χ1) is 8.20. The van der Waals surface area contributed by atoms with Crippen LogP contribution in [0.3, 0.4) is 0 Å². The Morgan fingerprint density at radius 2 is 2.12 bits per heavy atom. The summed E-state index contributed by atoms with van der Waals surface area (Å²) in [6, 6.07) is 9.40. The van der Waals surface area contributed by atoms with Crippen LogP contribution < -0.4 is 0 Å². The normalized spacial score (nSPS) is 24.7. The summed E-state index contributed by atoms with van der Waals surface area (Å²) in [5, 5.41) is 0.760. The number of alkyl halides is 1. The van der Waals surface area contributed by atoms with Crippen LogP contribution in [0.15, 0.2) is 30.3 Å². The van der Waals surface area contributed by atoms with Crippen molar-refractivity contribution < 1.29 is 9.53 Å². The van der Waals surface area contributed by atoms with E-state index < -0.39 is 0 Å². The zero-order chi connectivity index (χ0) is 12.3. The molecule has 0 aliphatic carbocycles. The summed E-state index contributed by atoms with van der Waals surface area (Å²) >= 11 is 3.41. The van der Waals surface area contributed by atoms with Gasteiger partial charge in [-0.25, -0.2) is 0 Å². The van der Waals surface area contributed by atoms with E-state index in [9.17, 15) is 4.79 Å². The summed E-state index contributed by atoms with van der Waals surface area (Å²) in [7, 11) is 0. The largest absolute Gasteiger partial charge is 0.371 e. The van der Waals surface area contributed by atoms with Gasteiger partial charge in [-0.3, -0.25) is 4.79 Å². The molecule has 0 bridgehead atoms. The van der Waals surface area contributed by atoms with Crippen molar-refractivity contribution in [2.24, 2.45) is 0 Å². The Balaban J connectivity index is 2.09. The lowest BCUT2D eigenvalue weighted by molar-refractivity contribution is -0.0559. The number of rotatable bonds is 2. The van der Waals surface area contributed by atoms with Gasteiger partial charge in [0.15, 0.2) is 0 Å². The second-order valence-corrected chi connectivity index (χ2v) is 4.95. The van der Waals surface area contributed by atoms with Crippen molar-refractivity contribution in [1.29, 1.82) is 0 Å². The number of amides is 1. The van der Waals surface area contributed by atoms with E-state index in [2.05, 4.69) is 15.9 Å². The van der Waals surface area contributed by atoms with Crippen molar-refractivity contribution in [1.82, 2.24) is 4.90 Å². The molecule has 3 nitrogen and oxygen atoms in total. The minimum atomic E-state index is 0.0893. The van der Waals surface area contributed by atoms with Gasteiger partial charge in [0.1, 0.15) is 0 Å². The van der Waals surface area contributed by atoms with Crippen LogP contribution in [0.1, 0.15) is 17.3 Å². The molecule has 0 saturated carbocycles. The van der Waals surface area contributed by atoms with E-state index >= 15 is 0 Å². The summed E-state index contributed by atoms with van der Waals surface area (Å²) in [4.78, 5) is 14.1. The number of nitrogens with zero attached hydrogens (tertiary/aromatic N) is 1. The Morgan fingerprint density at radius 1 is 1.41 bits per heavy atom. The highest BCUT2D eigenvalue weighted by Crippen LogP contribution is 2.15. The molecule has 0 radical (unpaired) electrons. The highest BCUT2D eigenvalue weighted by molar-refractivity contribution is 9.09. The van der Waals surface area contributed by atoms with Crippen molar-refractivity contribution >= 4 is 21.8 Å². The van der Waals surface area contributed by atoms with E-state index in [0.717, 1.165) is 10.9 Å². The third-order valence-corrected chi connectivity index (χ3v) is 3.53. The van der Waals surface area contributed by atoms with Crippen LogP contribution in [0.5, 0.6) is 0 Å². The van der Waals surface area contributed by atoms with Gasteiger partial charge in [-0.2, -0.15) is 0 Å². The lowest BCUT2D eigenvalue weighted by atomic mass is 10.1. The predicted octanol–water partition coefficient (Wildman–Crippen LogP) is 2.31. The summed E-state index contributed by atoms with van der Waals surface area (Å²) < 4.78 is 5.71. The van der Waals surface area contributed by atoms with Gasteiger partial charge in [0.05, 0.1) is 12.2 Å². The number of ether oxygens (including phenoxy) is 1. The third kappa shape index (κ3) is 3.07. The van der Waals surface area contributed by atoms with E-state index in [0.29, 0.717) is 13.1 Å². The van der Waals surface area contributed by atoms with Crippen molar-refractivity contribution in [3.05, 3.63) is 35.9 Å². The van der Waals surface area contributed by atoms with Crippen LogP contribution in [0, 0.1) is 0 Å². The summed E-state index contributed by atoms with van der Waals surface area (Å²) in [6.07, 6.45) is 0.186. The zero-order valence-electron chi connectivity index (χ0n) is 9.80. The number of hydrogen-bond acceptors (Lipinski definition) is 2. The second-order valence-electron chi connectivity index (χ2n) is 4.30. The van der Waals surface area contributed by atoms with Gasteiger partial charge in [0.25, 0.3) is 5.91 Å². The van der Waals surface area contributed by atoms with Crippen molar-refractivity contribution in [2.45, 2.75) is 19.1 Å². The SMILES string of the molecule is CC1CN(C(=O)c2ccccc2)CC(CBr)O1. The molecule has 92 valence electrons. The molecule has 2 rings (SSSR count). The smallest absolute Gasteiger partial charge is 0.254 e. The molecule has 1 aromatic carbocycles. The number of halogens is 1. The van der Waals surface area contributed by atoms with Gasteiger partial charge in [-0.05, 0) is 19.1 Å². The molecule has 0 spiro atoms. The van der Waals surface area contributed by atoms with Crippen LogP contribution in [0.4, 0.5) is 0 Å². The molecule has 1 aliphatic heterocycles. The van der Waals surface area contributed by atoms with E-state index in [1.165, 1.54) is 0 Å². The fourth-order valence-electron chi connectivity index (χ4n) is 2.06. The van der Waals surface area contributed by atoms with Crippen LogP contribution in [0.25, 0.3) is 0 Å². The molecule has 2 atom stereocenters. The lowest BCUT2D eigenvalue weighted by Crippen LogP contribution is -2.49. The fraction of sp³-hybridized carbons (Fsp3) is 0.462. The Morgan fingerprint density at radius 3 is 2.76 bits per heavy atom. The minimum absolute atomic E-state index is 0.0893. The molecule has 1 aromatic rings. The van der Waals surface area contributed by atoms with E-state index in [-0.39, 0.29) is 18.1 Å². The van der Waals surface area contributed by atoms with E-state index in [1.807, 2.05) is 42.2 Å². The average Bonchev–Trinajstić information content (AvgIpc) is 2.38. The van der Waals surface area contributed by atoms with Gasteiger partial charge >= 0.3 is 0 Å². The van der Waals surface area contributed by atoms with Crippen molar-refractivity contribution in [3.8, 4) is 0 Å². The Bertz CT molecular complexity index is 382. The highest BCUT2D eigenvalue weighted by Gasteiger charge is 2.28. The van der Waals surface area contributed by atoms with Gasteiger partial charge in [-0.1, -0.05) is 34.1 Å². The summed E-state index contributed by atoms with van der Waals surface area (Å²) in [6.45, 7) is 3.32. The van der Waals surface area contributed by atoms with Crippen LogP contribution in [-0.2, 0) is 4.74 Å². The van der Waals surface area contributed by atoms with E-state index in [1.54, 1.807) is 0 Å². The van der Waals surface area contributed by atoms with Gasteiger partial charge in [-0.15, -0.1) is 0 Å². The molecule has 1 heterocycles. The van der Waals surface area contributed by atoms with Gasteiger partial charge < -0.3 is 9.64 Å². The highest BCUT2D eigenvalue weighted by atomic mass is 79.9. The number of morpholine rings is 1. The molecule has 1 aliphatic rings. The molecule has 1 amide bonds. The molecular formula is C13H16BrNO2. The molecular weight excluding hydrogens is 282 g/mol. The molecule has 0 aromatic heterocycles. The Hall–Kier alpha value is -0.870. The average molecular weight is 298 g/mol. The second kappa shape index (κ2) is 5.65. The molecule has 4 heteroatoms. The van der Waals surface area contributed by atoms with Crippen molar-refractivity contribution in [2.75, 3.05) is 18.4 Å². The predicted molar refractivity (Wildman–Crippen MR) is 70.5 cm³/mol. The number of hydrogen-bond donors (Lipinski definition) is 0. The molecule has 0 N–H and O–H groups in total. The molecule has 17 heavy (non-hydrogen) atoms. The molecule has 2 unspecified atom stereocenters. The van der Waals surface area contributed by atoms with Gasteiger partial charge in [0, 0.05) is 24.0 Å². The number of carbonyl (C=O) groups excluding carboxylic acids is 1. The van der Waals surface area contributed by atoms with Crippen LogP contribution >= 0.6 is 15.9 Å². The Labute approximate surface area is 110 Å². The first-order valence-electron chi connectivity index (χ1n) is 5.76. The topological polar surface area (TPSA) is 29.5 Å². The third-order valence-electron chi connectivity index (χ3n) is 2.81. The first kappa shape index (κ1) is 12.6. The van der Waals surface area contributed by atoms with E-state index in [4.69, 9.17) is 4.74 Å². The monoisotopic (exact) mass is 297 g/mol. The van der Waals surface area contributed by atoms with Crippen LogP contribution in [-0.4, -0.2) is 41.4 Å². The lowest BCUT2D eigenvalue weighted by Gasteiger charge is -2.36. The first-order valence-corrected chi connectivity index (χ1v) is 6.88. The minimum Gasteiger partial charge on any atom is -0.371 e. The summed E-state index contributed by atoms with van der Waals surface area (Å²) in [5.74, 6) is 0.0895. The number of carbonyl (C=O) groups is 1. The fourth-order valence-corrected chi connectivity index (χ4v) is 2.42. The maximum atomic E-state index is 12.3. The number of benzene rings is 1. The van der Waals surface area contributed by atoms with Crippen molar-refractivity contribution in [3.63, 3.8) is 0 Å². The van der Waals surface area contributed by atoms with Gasteiger partial charge in [0.2, 0.25) is 0 Å². The maximum absolute atomic E-state index is 12.3. The Kier molecular flexibility index (Phi) is 4.18. The standard InChI is InChI=1S/C13H16BrNO2/c1-10-8-15(9-12(7-14)17-10)13(16)11-5-3-2-4-6-11/h2-6,10,12H,7-9H2,1H3. The molecule has 1 fully saturated rings. The van der Waals surface area contributed by atoms with Crippen LogP contribution in [0.2, 0.25) is 0 Å². The molecule has 1 saturated heterocycles. The summed E-state index contributed by atoms with van der Waals surface area (Å²) in [5.41, 5.74) is 0.745.